The first-order chi connectivity index (χ1) is 12.0. The maximum atomic E-state index is 11.8. The van der Waals surface area contributed by atoms with Crippen molar-refractivity contribution in [1.82, 2.24) is 5.32 Å². The minimum atomic E-state index is -0.222. The number of carbonyl (C=O) groups excluding carboxylic acids is 1. The number of rotatable bonds is 8. The summed E-state index contributed by atoms with van der Waals surface area (Å²) in [6.07, 6.45) is 0. The number of hydrogen-bond donors (Lipinski definition) is 1. The SMILES string of the molecule is CC(C)c1ccccc1OCCNC(=O)COc1ccc(Br)cc1Cl. The zero-order chi connectivity index (χ0) is 18.2. The highest BCUT2D eigenvalue weighted by molar-refractivity contribution is 9.10. The van der Waals surface area contributed by atoms with Crippen LogP contribution in [0.2, 0.25) is 5.02 Å². The number of amides is 1. The molecule has 0 aromatic heterocycles. The molecule has 0 fully saturated rings. The van der Waals surface area contributed by atoms with Crippen molar-refractivity contribution in [3.8, 4) is 11.5 Å². The lowest BCUT2D eigenvalue weighted by Crippen LogP contribution is -2.32. The maximum Gasteiger partial charge on any atom is 0.258 e. The summed E-state index contributed by atoms with van der Waals surface area (Å²) in [6, 6.07) is 13.2. The minimum absolute atomic E-state index is 0.0933. The molecule has 0 saturated carbocycles. The van der Waals surface area contributed by atoms with E-state index in [1.807, 2.05) is 24.3 Å². The van der Waals surface area contributed by atoms with Crippen molar-refractivity contribution in [2.24, 2.45) is 0 Å². The Balaban J connectivity index is 1.72. The zero-order valence-corrected chi connectivity index (χ0v) is 16.6. The van der Waals surface area contributed by atoms with Crippen LogP contribution in [0.25, 0.3) is 0 Å². The van der Waals surface area contributed by atoms with Crippen LogP contribution in [0.5, 0.6) is 11.5 Å². The summed E-state index contributed by atoms with van der Waals surface area (Å²) in [5.74, 6) is 1.49. The van der Waals surface area contributed by atoms with Crippen molar-refractivity contribution in [2.45, 2.75) is 19.8 Å². The molecule has 6 heteroatoms. The number of hydrogen-bond acceptors (Lipinski definition) is 3. The Morgan fingerprint density at radius 3 is 2.64 bits per heavy atom. The maximum absolute atomic E-state index is 11.8. The third kappa shape index (κ3) is 6.25. The standard InChI is InChI=1S/C19H21BrClNO3/c1-13(2)15-5-3-4-6-17(15)24-10-9-22-19(23)12-25-18-8-7-14(20)11-16(18)21/h3-8,11,13H,9-10,12H2,1-2H3,(H,22,23). The van der Waals surface area contributed by atoms with Gasteiger partial charge >= 0.3 is 0 Å². The molecule has 0 radical (unpaired) electrons. The average Bonchev–Trinajstić information content (AvgIpc) is 2.58. The van der Waals surface area contributed by atoms with Crippen molar-refractivity contribution >= 4 is 33.4 Å². The van der Waals surface area contributed by atoms with Gasteiger partial charge in [0.05, 0.1) is 11.6 Å². The summed E-state index contributed by atoms with van der Waals surface area (Å²) < 4.78 is 12.0. The van der Waals surface area contributed by atoms with E-state index < -0.39 is 0 Å². The van der Waals surface area contributed by atoms with E-state index in [1.54, 1.807) is 18.2 Å². The largest absolute Gasteiger partial charge is 0.491 e. The Hall–Kier alpha value is -1.72. The quantitative estimate of drug-likeness (QED) is 0.617. The molecular formula is C19H21BrClNO3. The van der Waals surface area contributed by atoms with E-state index >= 15 is 0 Å². The van der Waals surface area contributed by atoms with Crippen LogP contribution in [-0.2, 0) is 4.79 Å². The molecule has 0 spiro atoms. The Morgan fingerprint density at radius 2 is 1.92 bits per heavy atom. The molecule has 1 N–H and O–H groups in total. The lowest BCUT2D eigenvalue weighted by Gasteiger charge is -2.14. The Labute approximate surface area is 161 Å². The van der Waals surface area contributed by atoms with Crippen molar-refractivity contribution in [3.63, 3.8) is 0 Å². The molecule has 0 heterocycles. The molecule has 2 aromatic carbocycles. The van der Waals surface area contributed by atoms with Crippen LogP contribution in [0.3, 0.4) is 0 Å². The van der Waals surface area contributed by atoms with E-state index in [-0.39, 0.29) is 12.5 Å². The van der Waals surface area contributed by atoms with Gasteiger partial charge in [-0.3, -0.25) is 4.79 Å². The molecule has 134 valence electrons. The number of benzene rings is 2. The van der Waals surface area contributed by atoms with Crippen molar-refractivity contribution < 1.29 is 14.3 Å². The highest BCUT2D eigenvalue weighted by Crippen LogP contribution is 2.27. The van der Waals surface area contributed by atoms with Gasteiger partial charge in [0, 0.05) is 4.47 Å². The van der Waals surface area contributed by atoms with Crippen molar-refractivity contribution in [3.05, 3.63) is 57.5 Å². The van der Waals surface area contributed by atoms with Gasteiger partial charge in [0.25, 0.3) is 5.91 Å². The van der Waals surface area contributed by atoms with Crippen molar-refractivity contribution in [1.29, 1.82) is 0 Å². The molecular weight excluding hydrogens is 406 g/mol. The van der Waals surface area contributed by atoms with E-state index in [0.717, 1.165) is 15.8 Å². The Kier molecular flexibility index (Phi) is 7.59. The fourth-order valence-corrected chi connectivity index (χ4v) is 2.95. The zero-order valence-electron chi connectivity index (χ0n) is 14.2. The highest BCUT2D eigenvalue weighted by atomic mass is 79.9. The molecule has 0 bridgehead atoms. The summed E-state index contributed by atoms with van der Waals surface area (Å²) in [4.78, 5) is 11.8. The van der Waals surface area contributed by atoms with Gasteiger partial charge in [0.15, 0.2) is 6.61 Å². The number of carbonyl (C=O) groups is 1. The third-order valence-corrected chi connectivity index (χ3v) is 4.26. The van der Waals surface area contributed by atoms with Gasteiger partial charge in [0.1, 0.15) is 18.1 Å². The molecule has 1 amide bonds. The molecule has 4 nitrogen and oxygen atoms in total. The number of halogens is 2. The molecule has 0 aliphatic heterocycles. The molecule has 2 aromatic rings. The number of para-hydroxylation sites is 1. The summed E-state index contributed by atoms with van der Waals surface area (Å²) in [5.41, 5.74) is 1.15. The minimum Gasteiger partial charge on any atom is -0.491 e. The molecule has 0 aliphatic rings. The fourth-order valence-electron chi connectivity index (χ4n) is 2.23. The second-order valence-electron chi connectivity index (χ2n) is 5.75. The Morgan fingerprint density at radius 1 is 1.16 bits per heavy atom. The highest BCUT2D eigenvalue weighted by Gasteiger charge is 2.08. The van der Waals surface area contributed by atoms with E-state index in [4.69, 9.17) is 21.1 Å². The predicted molar refractivity (Wildman–Crippen MR) is 104 cm³/mol. The first-order valence-corrected chi connectivity index (χ1v) is 9.20. The van der Waals surface area contributed by atoms with Crippen LogP contribution in [-0.4, -0.2) is 25.7 Å². The molecule has 0 atom stereocenters. The molecule has 25 heavy (non-hydrogen) atoms. The number of ether oxygens (including phenoxy) is 2. The van der Waals surface area contributed by atoms with Gasteiger partial charge < -0.3 is 14.8 Å². The van der Waals surface area contributed by atoms with Gasteiger partial charge in [0.2, 0.25) is 0 Å². The summed E-state index contributed by atoms with van der Waals surface area (Å²) in [5, 5.41) is 3.22. The second-order valence-corrected chi connectivity index (χ2v) is 7.08. The van der Waals surface area contributed by atoms with Crippen LogP contribution in [0.1, 0.15) is 25.3 Å². The van der Waals surface area contributed by atoms with Gasteiger partial charge in [-0.25, -0.2) is 0 Å². The first kappa shape index (κ1) is 19.6. The van der Waals surface area contributed by atoms with Crippen molar-refractivity contribution in [2.75, 3.05) is 19.8 Å². The summed E-state index contributed by atoms with van der Waals surface area (Å²) in [7, 11) is 0. The molecule has 0 unspecified atom stereocenters. The molecule has 0 saturated heterocycles. The molecule has 0 aliphatic carbocycles. The predicted octanol–water partition coefficient (Wildman–Crippen LogP) is 4.80. The van der Waals surface area contributed by atoms with E-state index in [1.165, 1.54) is 0 Å². The average molecular weight is 427 g/mol. The fraction of sp³-hybridized carbons (Fsp3) is 0.316. The number of nitrogens with one attached hydrogen (secondary N) is 1. The first-order valence-electron chi connectivity index (χ1n) is 8.03. The van der Waals surface area contributed by atoms with E-state index in [9.17, 15) is 4.79 Å². The summed E-state index contributed by atoms with van der Waals surface area (Å²) >= 11 is 9.36. The second kappa shape index (κ2) is 9.68. The van der Waals surface area contributed by atoms with Gasteiger partial charge in [-0.15, -0.1) is 0 Å². The van der Waals surface area contributed by atoms with Crippen LogP contribution in [0, 0.1) is 0 Å². The molecule has 2 rings (SSSR count). The summed E-state index contributed by atoms with van der Waals surface area (Å²) in [6.45, 7) is 4.95. The normalized spacial score (nSPS) is 10.6. The van der Waals surface area contributed by atoms with Gasteiger partial charge in [-0.05, 0) is 35.7 Å². The van der Waals surface area contributed by atoms with E-state index in [0.29, 0.717) is 29.8 Å². The topological polar surface area (TPSA) is 47.6 Å². The van der Waals surface area contributed by atoms with Crippen LogP contribution < -0.4 is 14.8 Å². The smallest absolute Gasteiger partial charge is 0.258 e. The van der Waals surface area contributed by atoms with E-state index in [2.05, 4.69) is 35.1 Å². The van der Waals surface area contributed by atoms with Crippen LogP contribution in [0.4, 0.5) is 0 Å². The lowest BCUT2D eigenvalue weighted by molar-refractivity contribution is -0.123. The van der Waals surface area contributed by atoms with Gasteiger partial charge in [-0.2, -0.15) is 0 Å². The van der Waals surface area contributed by atoms with Crippen LogP contribution in [0.15, 0.2) is 46.9 Å². The third-order valence-electron chi connectivity index (χ3n) is 3.48. The Bertz CT molecular complexity index is 722. The van der Waals surface area contributed by atoms with Gasteiger partial charge in [-0.1, -0.05) is 59.6 Å². The monoisotopic (exact) mass is 425 g/mol. The lowest BCUT2D eigenvalue weighted by atomic mass is 10.0. The van der Waals surface area contributed by atoms with Crippen LogP contribution >= 0.6 is 27.5 Å².